The third-order valence-electron chi connectivity index (χ3n) is 4.69. The molecule has 8 heteroatoms. The highest BCUT2D eigenvalue weighted by molar-refractivity contribution is 7.17. The summed E-state index contributed by atoms with van der Waals surface area (Å²) in [5.41, 5.74) is 4.47. The first-order chi connectivity index (χ1) is 14.0. The highest BCUT2D eigenvalue weighted by Gasteiger charge is 2.15. The van der Waals surface area contributed by atoms with Gasteiger partial charge in [-0.15, -0.1) is 11.3 Å². The van der Waals surface area contributed by atoms with Gasteiger partial charge in [0.05, 0.1) is 35.2 Å². The smallest absolute Gasteiger partial charge is 0.268 e. The molecule has 0 saturated carbocycles. The van der Waals surface area contributed by atoms with Crippen LogP contribution in [-0.2, 0) is 18.4 Å². The zero-order chi connectivity index (χ0) is 20.4. The molecule has 29 heavy (non-hydrogen) atoms. The summed E-state index contributed by atoms with van der Waals surface area (Å²) in [6.45, 7) is 2.56. The average Bonchev–Trinajstić information content (AvgIpc) is 3.40. The molecule has 0 saturated heterocycles. The molecule has 0 atom stereocenters. The number of benzene rings is 1. The van der Waals surface area contributed by atoms with E-state index in [1.165, 1.54) is 5.56 Å². The number of amides is 2. The second-order valence-electron chi connectivity index (χ2n) is 6.90. The molecule has 4 rings (SSSR count). The SMILES string of the molecule is Cc1ccc(Cn2cc(NC(=O)CNC(=O)c3cc4sccc4n3C)cn2)cc1. The summed E-state index contributed by atoms with van der Waals surface area (Å²) >= 11 is 1.58. The molecule has 1 aromatic carbocycles. The molecule has 7 nitrogen and oxygen atoms in total. The number of hydrogen-bond donors (Lipinski definition) is 2. The zero-order valence-electron chi connectivity index (χ0n) is 16.2. The van der Waals surface area contributed by atoms with Gasteiger partial charge < -0.3 is 15.2 Å². The Balaban J connectivity index is 1.31. The number of carbonyl (C=O) groups excluding carboxylic acids is 2. The standard InChI is InChI=1S/C21H21N5O2S/c1-14-3-5-15(6-4-14)12-26-13-16(10-23-26)24-20(27)11-22-21(28)18-9-19-17(25(18)2)7-8-29-19/h3-10,13H,11-12H2,1-2H3,(H,22,28)(H,24,27). The number of nitrogens with one attached hydrogen (secondary N) is 2. The van der Waals surface area contributed by atoms with Gasteiger partial charge in [-0.3, -0.25) is 14.3 Å². The molecule has 0 aliphatic rings. The van der Waals surface area contributed by atoms with Crippen LogP contribution in [0.4, 0.5) is 5.69 Å². The molecule has 3 heterocycles. The maximum atomic E-state index is 12.4. The number of aromatic nitrogens is 3. The van der Waals surface area contributed by atoms with Gasteiger partial charge in [0.2, 0.25) is 5.91 Å². The van der Waals surface area contributed by atoms with Gasteiger partial charge >= 0.3 is 0 Å². The van der Waals surface area contributed by atoms with Crippen molar-refractivity contribution in [2.24, 2.45) is 7.05 Å². The van der Waals surface area contributed by atoms with Crippen molar-refractivity contribution in [2.45, 2.75) is 13.5 Å². The highest BCUT2D eigenvalue weighted by atomic mass is 32.1. The summed E-state index contributed by atoms with van der Waals surface area (Å²) in [6.07, 6.45) is 3.37. The van der Waals surface area contributed by atoms with Crippen molar-refractivity contribution < 1.29 is 9.59 Å². The lowest BCUT2D eigenvalue weighted by Crippen LogP contribution is -2.33. The van der Waals surface area contributed by atoms with E-state index >= 15 is 0 Å². The van der Waals surface area contributed by atoms with Gasteiger partial charge in [-0.05, 0) is 30.0 Å². The van der Waals surface area contributed by atoms with Crippen LogP contribution in [0, 0.1) is 6.92 Å². The molecule has 0 radical (unpaired) electrons. The van der Waals surface area contributed by atoms with Crippen LogP contribution in [0.2, 0.25) is 0 Å². The molecule has 3 aromatic heterocycles. The summed E-state index contributed by atoms with van der Waals surface area (Å²) in [5.74, 6) is -0.578. The van der Waals surface area contributed by atoms with Crippen molar-refractivity contribution in [3.63, 3.8) is 0 Å². The Morgan fingerprint density at radius 3 is 2.72 bits per heavy atom. The Bertz CT molecular complexity index is 1170. The van der Waals surface area contributed by atoms with Crippen LogP contribution in [-0.4, -0.2) is 32.7 Å². The van der Waals surface area contributed by atoms with Crippen LogP contribution < -0.4 is 10.6 Å². The van der Waals surface area contributed by atoms with E-state index in [1.807, 2.05) is 36.1 Å². The summed E-state index contributed by atoms with van der Waals surface area (Å²) in [5, 5.41) is 11.7. The number of fused-ring (bicyclic) bond motifs is 1. The van der Waals surface area contributed by atoms with Crippen molar-refractivity contribution in [2.75, 3.05) is 11.9 Å². The largest absolute Gasteiger partial charge is 0.342 e. The van der Waals surface area contributed by atoms with E-state index in [2.05, 4.69) is 40.0 Å². The summed E-state index contributed by atoms with van der Waals surface area (Å²) in [7, 11) is 1.84. The van der Waals surface area contributed by atoms with Crippen molar-refractivity contribution in [1.29, 1.82) is 0 Å². The maximum absolute atomic E-state index is 12.4. The lowest BCUT2D eigenvalue weighted by Gasteiger charge is -2.06. The van der Waals surface area contributed by atoms with Crippen molar-refractivity contribution in [3.8, 4) is 0 Å². The topological polar surface area (TPSA) is 81.0 Å². The molecule has 0 aliphatic heterocycles. The lowest BCUT2D eigenvalue weighted by atomic mass is 10.1. The summed E-state index contributed by atoms with van der Waals surface area (Å²) < 4.78 is 4.63. The third-order valence-corrected chi connectivity index (χ3v) is 5.54. The molecular weight excluding hydrogens is 386 g/mol. The van der Waals surface area contributed by atoms with E-state index in [4.69, 9.17) is 0 Å². The Morgan fingerprint density at radius 2 is 1.97 bits per heavy atom. The fourth-order valence-electron chi connectivity index (χ4n) is 3.12. The van der Waals surface area contributed by atoms with Gasteiger partial charge in [-0.1, -0.05) is 29.8 Å². The molecule has 2 amide bonds. The number of nitrogens with zero attached hydrogens (tertiary/aromatic N) is 3. The molecular formula is C21H21N5O2S. The van der Waals surface area contributed by atoms with E-state index < -0.39 is 0 Å². The maximum Gasteiger partial charge on any atom is 0.268 e. The molecule has 0 fully saturated rings. The van der Waals surface area contributed by atoms with E-state index in [-0.39, 0.29) is 18.4 Å². The third kappa shape index (κ3) is 4.22. The van der Waals surface area contributed by atoms with Crippen LogP contribution in [0.5, 0.6) is 0 Å². The second-order valence-corrected chi connectivity index (χ2v) is 7.85. The lowest BCUT2D eigenvalue weighted by molar-refractivity contribution is -0.115. The number of thiophene rings is 1. The zero-order valence-corrected chi connectivity index (χ0v) is 17.0. The number of aryl methyl sites for hydroxylation is 2. The Labute approximate surface area is 172 Å². The van der Waals surface area contributed by atoms with Gasteiger partial charge in [0, 0.05) is 13.2 Å². The number of anilines is 1. The molecule has 0 unspecified atom stereocenters. The fraction of sp³-hybridized carbons (Fsp3) is 0.190. The van der Waals surface area contributed by atoms with Crippen LogP contribution in [0.25, 0.3) is 10.2 Å². The minimum Gasteiger partial charge on any atom is -0.342 e. The van der Waals surface area contributed by atoms with E-state index in [9.17, 15) is 9.59 Å². The number of rotatable bonds is 6. The molecule has 148 valence electrons. The van der Waals surface area contributed by atoms with Crippen molar-refractivity contribution in [1.82, 2.24) is 19.7 Å². The van der Waals surface area contributed by atoms with Crippen molar-refractivity contribution in [3.05, 3.63) is 71.0 Å². The number of hydrogen-bond acceptors (Lipinski definition) is 4. The van der Waals surface area contributed by atoms with Crippen LogP contribution >= 0.6 is 11.3 Å². The monoisotopic (exact) mass is 407 g/mol. The minimum absolute atomic E-state index is 0.110. The van der Waals surface area contributed by atoms with Crippen LogP contribution in [0.3, 0.4) is 0 Å². The van der Waals surface area contributed by atoms with Crippen molar-refractivity contribution >= 4 is 39.1 Å². The first-order valence-corrected chi connectivity index (χ1v) is 10.1. The summed E-state index contributed by atoms with van der Waals surface area (Å²) in [4.78, 5) is 24.6. The first kappa shape index (κ1) is 18.9. The normalized spacial score (nSPS) is 11.0. The molecule has 4 aromatic rings. The fourth-order valence-corrected chi connectivity index (χ4v) is 3.97. The van der Waals surface area contributed by atoms with Gasteiger partial charge in [0.15, 0.2) is 0 Å². The van der Waals surface area contributed by atoms with Gasteiger partial charge in [0.25, 0.3) is 5.91 Å². The Hall–Kier alpha value is -3.39. The van der Waals surface area contributed by atoms with E-state index in [1.54, 1.807) is 28.4 Å². The average molecular weight is 407 g/mol. The molecule has 0 aliphatic carbocycles. The Morgan fingerprint density at radius 1 is 1.17 bits per heavy atom. The van der Waals surface area contributed by atoms with E-state index in [0.29, 0.717) is 17.9 Å². The van der Waals surface area contributed by atoms with Crippen LogP contribution in [0.15, 0.2) is 54.2 Å². The van der Waals surface area contributed by atoms with Gasteiger partial charge in [-0.25, -0.2) is 0 Å². The molecule has 2 N–H and O–H groups in total. The predicted octanol–water partition coefficient (Wildman–Crippen LogP) is 3.16. The van der Waals surface area contributed by atoms with Gasteiger partial charge in [0.1, 0.15) is 5.69 Å². The first-order valence-electron chi connectivity index (χ1n) is 9.18. The van der Waals surface area contributed by atoms with Crippen LogP contribution in [0.1, 0.15) is 21.6 Å². The molecule has 0 bridgehead atoms. The van der Waals surface area contributed by atoms with E-state index in [0.717, 1.165) is 15.8 Å². The number of carbonyl (C=O) groups is 2. The second kappa shape index (κ2) is 7.92. The Kier molecular flexibility index (Phi) is 5.18. The molecule has 0 spiro atoms. The predicted molar refractivity (Wildman–Crippen MR) is 114 cm³/mol. The van der Waals surface area contributed by atoms with Gasteiger partial charge in [-0.2, -0.15) is 5.10 Å². The quantitative estimate of drug-likeness (QED) is 0.515. The minimum atomic E-state index is -0.302. The highest BCUT2D eigenvalue weighted by Crippen LogP contribution is 2.24. The summed E-state index contributed by atoms with van der Waals surface area (Å²) in [6, 6.07) is 12.0.